The minimum absolute atomic E-state index is 0.0151. The summed E-state index contributed by atoms with van der Waals surface area (Å²) in [6.45, 7) is 4.84. The van der Waals surface area contributed by atoms with E-state index in [1.165, 1.54) is 4.88 Å². The summed E-state index contributed by atoms with van der Waals surface area (Å²) in [4.78, 5) is 20.5. The monoisotopic (exact) mass is 329 g/mol. The largest absolute Gasteiger partial charge is 0.362 e. The molecule has 122 valence electrons. The second-order valence-corrected chi connectivity index (χ2v) is 7.95. The van der Waals surface area contributed by atoms with Gasteiger partial charge in [-0.05, 0) is 29.3 Å². The predicted molar refractivity (Wildman–Crippen MR) is 94.8 cm³/mol. The van der Waals surface area contributed by atoms with Crippen molar-refractivity contribution in [1.82, 2.24) is 10.3 Å². The third-order valence-electron chi connectivity index (χ3n) is 4.80. The molecule has 1 atom stereocenters. The molecule has 1 N–H and O–H groups in total. The topological polar surface area (TPSA) is 45.2 Å². The number of carbonyl (C=O) groups is 1. The smallest absolute Gasteiger partial charge is 0.232 e. The Morgan fingerprint density at radius 1 is 1.35 bits per heavy atom. The van der Waals surface area contributed by atoms with Crippen LogP contribution in [0.3, 0.4) is 0 Å². The molecule has 23 heavy (non-hydrogen) atoms. The van der Waals surface area contributed by atoms with Gasteiger partial charge in [0.15, 0.2) is 0 Å². The molecule has 5 heteroatoms. The van der Waals surface area contributed by atoms with Crippen LogP contribution in [0, 0.1) is 5.41 Å². The van der Waals surface area contributed by atoms with Crippen molar-refractivity contribution in [2.24, 2.45) is 5.41 Å². The second kappa shape index (κ2) is 5.64. The van der Waals surface area contributed by atoms with Crippen molar-refractivity contribution in [1.29, 1.82) is 0 Å². The lowest BCUT2D eigenvalue weighted by Crippen LogP contribution is -2.37. The van der Waals surface area contributed by atoms with Gasteiger partial charge in [0.2, 0.25) is 5.91 Å². The van der Waals surface area contributed by atoms with Crippen LogP contribution in [-0.4, -0.2) is 25.0 Å². The highest BCUT2D eigenvalue weighted by molar-refractivity contribution is 7.10. The Labute approximate surface area is 141 Å². The number of nitrogens with zero attached hydrogens (tertiary/aromatic N) is 2. The van der Waals surface area contributed by atoms with Gasteiger partial charge in [0, 0.05) is 37.3 Å². The highest BCUT2D eigenvalue weighted by atomic mass is 32.1. The van der Waals surface area contributed by atoms with E-state index in [9.17, 15) is 4.79 Å². The maximum atomic E-state index is 13.0. The van der Waals surface area contributed by atoms with E-state index in [2.05, 4.69) is 30.2 Å². The first-order valence-electron chi connectivity index (χ1n) is 7.82. The minimum Gasteiger partial charge on any atom is -0.362 e. The van der Waals surface area contributed by atoms with Crippen LogP contribution in [0.25, 0.3) is 0 Å². The Morgan fingerprint density at radius 3 is 2.65 bits per heavy atom. The van der Waals surface area contributed by atoms with E-state index in [1.54, 1.807) is 17.5 Å². The second-order valence-electron chi connectivity index (χ2n) is 7.01. The molecule has 0 aromatic carbocycles. The van der Waals surface area contributed by atoms with E-state index >= 15 is 0 Å². The summed E-state index contributed by atoms with van der Waals surface area (Å²) in [7, 11) is 3.93. The van der Waals surface area contributed by atoms with Gasteiger partial charge in [-0.15, -0.1) is 11.3 Å². The van der Waals surface area contributed by atoms with Gasteiger partial charge in [0.1, 0.15) is 5.82 Å². The van der Waals surface area contributed by atoms with E-state index in [4.69, 9.17) is 0 Å². The molecule has 0 aliphatic heterocycles. The Bertz CT molecular complexity index is 709. The Hall–Kier alpha value is -1.88. The average Bonchev–Trinajstić information content (AvgIpc) is 2.91. The van der Waals surface area contributed by atoms with E-state index in [0.717, 1.165) is 17.8 Å². The molecular weight excluding hydrogens is 306 g/mol. The number of hydrogen-bond donors (Lipinski definition) is 1. The van der Waals surface area contributed by atoms with E-state index in [0.29, 0.717) is 6.54 Å². The first kappa shape index (κ1) is 16.0. The molecule has 3 rings (SSSR count). The third-order valence-corrected chi connectivity index (χ3v) is 5.83. The fourth-order valence-corrected chi connectivity index (χ4v) is 4.46. The van der Waals surface area contributed by atoms with Crippen molar-refractivity contribution in [3.63, 3.8) is 0 Å². The van der Waals surface area contributed by atoms with Crippen molar-refractivity contribution >= 4 is 23.1 Å². The molecule has 2 aromatic heterocycles. The molecule has 1 unspecified atom stereocenters. The number of pyridine rings is 1. The Morgan fingerprint density at radius 2 is 2.09 bits per heavy atom. The maximum Gasteiger partial charge on any atom is 0.232 e. The zero-order chi connectivity index (χ0) is 16.7. The lowest BCUT2D eigenvalue weighted by Gasteiger charge is -2.20. The molecule has 1 aliphatic rings. The van der Waals surface area contributed by atoms with Gasteiger partial charge < -0.3 is 10.2 Å². The van der Waals surface area contributed by atoms with Crippen molar-refractivity contribution in [2.45, 2.75) is 32.2 Å². The molecule has 4 nitrogen and oxygen atoms in total. The highest BCUT2D eigenvalue weighted by Crippen LogP contribution is 2.65. The molecule has 2 heterocycles. The van der Waals surface area contributed by atoms with Crippen molar-refractivity contribution in [3.05, 3.63) is 46.3 Å². The number of amides is 1. The van der Waals surface area contributed by atoms with Crippen LogP contribution in [0.4, 0.5) is 5.82 Å². The van der Waals surface area contributed by atoms with Crippen LogP contribution < -0.4 is 10.2 Å². The summed E-state index contributed by atoms with van der Waals surface area (Å²) in [6, 6.07) is 8.02. The quantitative estimate of drug-likeness (QED) is 0.916. The summed E-state index contributed by atoms with van der Waals surface area (Å²) in [5.41, 5.74) is 0.675. The summed E-state index contributed by atoms with van der Waals surface area (Å²) in [6.07, 6.45) is 2.68. The van der Waals surface area contributed by atoms with Crippen LogP contribution in [0.1, 0.15) is 30.7 Å². The zero-order valence-corrected chi connectivity index (χ0v) is 14.9. The molecule has 0 spiro atoms. The van der Waals surface area contributed by atoms with Crippen LogP contribution in [0.5, 0.6) is 0 Å². The normalized spacial score (nSPS) is 21.7. The summed E-state index contributed by atoms with van der Waals surface area (Å²) < 4.78 is 0. The van der Waals surface area contributed by atoms with Gasteiger partial charge in [0.25, 0.3) is 0 Å². The number of hydrogen-bond acceptors (Lipinski definition) is 4. The van der Waals surface area contributed by atoms with Crippen LogP contribution in [0.15, 0.2) is 35.8 Å². The molecular formula is C18H23N3OS. The number of carbonyl (C=O) groups excluding carboxylic acids is 1. The van der Waals surface area contributed by atoms with Crippen molar-refractivity contribution < 1.29 is 4.79 Å². The minimum atomic E-state index is -0.373. The fraction of sp³-hybridized carbons (Fsp3) is 0.444. The highest BCUT2D eigenvalue weighted by Gasteiger charge is 2.67. The fourth-order valence-electron chi connectivity index (χ4n) is 3.36. The number of anilines is 1. The lowest BCUT2D eigenvalue weighted by atomic mass is 9.93. The van der Waals surface area contributed by atoms with Crippen LogP contribution in [-0.2, 0) is 16.8 Å². The van der Waals surface area contributed by atoms with E-state index in [-0.39, 0.29) is 16.7 Å². The molecule has 2 aromatic rings. The average molecular weight is 329 g/mol. The van der Waals surface area contributed by atoms with Crippen molar-refractivity contribution in [2.75, 3.05) is 19.0 Å². The Kier molecular flexibility index (Phi) is 3.92. The summed E-state index contributed by atoms with van der Waals surface area (Å²) in [5, 5.41) is 5.19. The molecule has 0 radical (unpaired) electrons. The SMILES string of the molecule is CN(C)c1ncccc1CNC(=O)C1(c2cccs2)CC1(C)C. The lowest BCUT2D eigenvalue weighted by molar-refractivity contribution is -0.124. The molecule has 1 saturated carbocycles. The number of aromatic nitrogens is 1. The van der Waals surface area contributed by atoms with Gasteiger partial charge in [-0.3, -0.25) is 4.79 Å². The maximum absolute atomic E-state index is 13.0. The number of rotatable bonds is 5. The van der Waals surface area contributed by atoms with Gasteiger partial charge in [-0.1, -0.05) is 26.0 Å². The molecule has 1 fully saturated rings. The van der Waals surface area contributed by atoms with Crippen LogP contribution >= 0.6 is 11.3 Å². The molecule has 1 aliphatic carbocycles. The summed E-state index contributed by atoms with van der Waals surface area (Å²) >= 11 is 1.67. The predicted octanol–water partition coefficient (Wildman–Crippen LogP) is 3.19. The van der Waals surface area contributed by atoms with Gasteiger partial charge >= 0.3 is 0 Å². The van der Waals surface area contributed by atoms with Gasteiger partial charge in [0.05, 0.1) is 5.41 Å². The number of nitrogens with one attached hydrogen (secondary N) is 1. The number of thiophene rings is 1. The standard InChI is InChI=1S/C18H23N3OS/c1-17(2)12-18(17,14-8-6-10-23-14)16(22)20-11-13-7-5-9-19-15(13)21(3)4/h5-10H,11-12H2,1-4H3,(H,20,22). The molecule has 1 amide bonds. The molecule has 0 bridgehead atoms. The van der Waals surface area contributed by atoms with E-state index < -0.39 is 0 Å². The first-order chi connectivity index (χ1) is 10.9. The first-order valence-corrected chi connectivity index (χ1v) is 8.70. The van der Waals surface area contributed by atoms with Gasteiger partial charge in [-0.2, -0.15) is 0 Å². The third kappa shape index (κ3) is 2.63. The Balaban J connectivity index is 1.78. The zero-order valence-electron chi connectivity index (χ0n) is 14.1. The summed E-state index contributed by atoms with van der Waals surface area (Å²) in [5.74, 6) is 1.02. The van der Waals surface area contributed by atoms with Gasteiger partial charge in [-0.25, -0.2) is 4.98 Å². The van der Waals surface area contributed by atoms with Crippen molar-refractivity contribution in [3.8, 4) is 0 Å². The molecule has 0 saturated heterocycles. The van der Waals surface area contributed by atoms with Crippen LogP contribution in [0.2, 0.25) is 0 Å². The van der Waals surface area contributed by atoms with E-state index in [1.807, 2.05) is 42.6 Å².